The fourth-order valence-corrected chi connectivity index (χ4v) is 4.54. The molecular formula is C21H33FN2OSi. The molecule has 3 rings (SSSR count). The van der Waals surface area contributed by atoms with Gasteiger partial charge >= 0.3 is 0 Å². The predicted molar refractivity (Wildman–Crippen MR) is 110 cm³/mol. The number of nitrogens with one attached hydrogen (secondary N) is 1. The summed E-state index contributed by atoms with van der Waals surface area (Å²) in [7, 11) is -1.76. The monoisotopic (exact) mass is 376 g/mol. The molecule has 0 aliphatic carbocycles. The molecule has 26 heavy (non-hydrogen) atoms. The lowest BCUT2D eigenvalue weighted by Gasteiger charge is -2.36. The molecule has 1 saturated heterocycles. The summed E-state index contributed by atoms with van der Waals surface area (Å²) < 4.78 is 22.4. The lowest BCUT2D eigenvalue weighted by molar-refractivity contribution is 0.273. The topological polar surface area (TPSA) is 26.2 Å². The average molecular weight is 377 g/mol. The standard InChI is InChI=1S/C21H33FN2OSi/c1-21(2,3)26(4,5)25-12-11-24-15-16(13-18-7-6-10-23-18)19-9-8-17(22)14-20(19)24/h8-9,14-15,18,23H,6-7,10-13H2,1-5H3. The maximum absolute atomic E-state index is 13.8. The van der Waals surface area contributed by atoms with Crippen LogP contribution in [0.2, 0.25) is 18.1 Å². The Balaban J connectivity index is 1.78. The zero-order valence-electron chi connectivity index (χ0n) is 16.9. The van der Waals surface area contributed by atoms with E-state index in [-0.39, 0.29) is 10.9 Å². The van der Waals surface area contributed by atoms with Crippen LogP contribution < -0.4 is 5.32 Å². The van der Waals surface area contributed by atoms with Crippen LogP contribution in [0.5, 0.6) is 0 Å². The molecule has 144 valence electrons. The lowest BCUT2D eigenvalue weighted by Crippen LogP contribution is -2.41. The first-order valence-corrected chi connectivity index (χ1v) is 12.7. The van der Waals surface area contributed by atoms with Crippen molar-refractivity contribution in [3.63, 3.8) is 0 Å². The SMILES string of the molecule is CC(C)(C)[Si](C)(C)OCCn1cc(CC2CCCN2)c2ccc(F)cc21. The molecule has 5 heteroatoms. The minimum atomic E-state index is -1.76. The van der Waals surface area contributed by atoms with Crippen LogP contribution in [0.25, 0.3) is 10.9 Å². The fourth-order valence-electron chi connectivity index (χ4n) is 3.50. The van der Waals surface area contributed by atoms with E-state index in [0.29, 0.717) is 12.6 Å². The van der Waals surface area contributed by atoms with Crippen LogP contribution >= 0.6 is 0 Å². The van der Waals surface area contributed by atoms with Crippen LogP contribution in [0.15, 0.2) is 24.4 Å². The zero-order chi connectivity index (χ0) is 18.9. The van der Waals surface area contributed by atoms with E-state index in [2.05, 4.69) is 49.9 Å². The average Bonchev–Trinajstić information content (AvgIpc) is 3.15. The Bertz CT molecular complexity index is 757. The number of nitrogens with zero attached hydrogens (tertiary/aromatic N) is 1. The summed E-state index contributed by atoms with van der Waals surface area (Å²) >= 11 is 0. The van der Waals surface area contributed by atoms with E-state index in [9.17, 15) is 4.39 Å². The molecule has 0 bridgehead atoms. The van der Waals surface area contributed by atoms with Crippen molar-refractivity contribution < 1.29 is 8.82 Å². The van der Waals surface area contributed by atoms with Gasteiger partial charge in [-0.1, -0.05) is 20.8 Å². The van der Waals surface area contributed by atoms with Gasteiger partial charge in [-0.3, -0.25) is 0 Å². The second-order valence-corrected chi connectivity index (χ2v) is 13.9. The minimum Gasteiger partial charge on any atom is -0.415 e. The molecule has 1 aromatic heterocycles. The highest BCUT2D eigenvalue weighted by atomic mass is 28.4. The van der Waals surface area contributed by atoms with Crippen molar-refractivity contribution in [2.45, 2.75) is 70.8 Å². The first-order valence-electron chi connectivity index (χ1n) is 9.82. The van der Waals surface area contributed by atoms with Gasteiger partial charge in [-0.05, 0) is 67.7 Å². The molecule has 1 aliphatic heterocycles. The van der Waals surface area contributed by atoms with Gasteiger partial charge in [-0.25, -0.2) is 4.39 Å². The van der Waals surface area contributed by atoms with Gasteiger partial charge in [0, 0.05) is 24.2 Å². The van der Waals surface area contributed by atoms with Crippen LogP contribution in [-0.2, 0) is 17.4 Å². The zero-order valence-corrected chi connectivity index (χ0v) is 17.9. The van der Waals surface area contributed by atoms with Crippen LogP contribution in [-0.4, -0.2) is 32.1 Å². The Hall–Kier alpha value is -1.17. The third kappa shape index (κ3) is 4.21. The smallest absolute Gasteiger partial charge is 0.192 e. The Labute approximate surface area is 158 Å². The Morgan fingerprint density at radius 2 is 2.08 bits per heavy atom. The molecule has 1 unspecified atom stereocenters. The molecule has 0 spiro atoms. The summed E-state index contributed by atoms with van der Waals surface area (Å²) in [6.45, 7) is 13.9. The quantitative estimate of drug-likeness (QED) is 0.710. The molecule has 1 aliphatic rings. The van der Waals surface area contributed by atoms with E-state index < -0.39 is 8.32 Å². The van der Waals surface area contributed by atoms with Crippen molar-refractivity contribution in [2.75, 3.05) is 13.2 Å². The second kappa shape index (κ2) is 7.45. The highest BCUT2D eigenvalue weighted by Crippen LogP contribution is 2.36. The molecule has 1 fully saturated rings. The van der Waals surface area contributed by atoms with Crippen molar-refractivity contribution in [3.05, 3.63) is 35.8 Å². The summed E-state index contributed by atoms with van der Waals surface area (Å²) in [6, 6.07) is 5.71. The van der Waals surface area contributed by atoms with E-state index in [1.807, 2.05) is 6.07 Å². The Morgan fingerprint density at radius 3 is 2.73 bits per heavy atom. The number of benzene rings is 1. The summed E-state index contributed by atoms with van der Waals surface area (Å²) in [5, 5.41) is 4.95. The largest absolute Gasteiger partial charge is 0.415 e. The van der Waals surface area contributed by atoms with Gasteiger partial charge in [0.25, 0.3) is 0 Å². The maximum atomic E-state index is 13.8. The molecule has 3 nitrogen and oxygen atoms in total. The Kier molecular flexibility index (Phi) is 5.61. The van der Waals surface area contributed by atoms with Gasteiger partial charge < -0.3 is 14.3 Å². The van der Waals surface area contributed by atoms with Crippen LogP contribution in [0, 0.1) is 5.82 Å². The molecule has 2 heterocycles. The van der Waals surface area contributed by atoms with Gasteiger partial charge in [-0.15, -0.1) is 0 Å². The van der Waals surface area contributed by atoms with E-state index in [0.717, 1.165) is 25.0 Å². The van der Waals surface area contributed by atoms with Gasteiger partial charge in [0.2, 0.25) is 0 Å². The predicted octanol–water partition coefficient (Wildman–Crippen LogP) is 5.10. The maximum Gasteiger partial charge on any atom is 0.192 e. The molecule has 1 atom stereocenters. The fraction of sp³-hybridized carbons (Fsp3) is 0.619. The molecule has 0 saturated carbocycles. The number of fused-ring (bicyclic) bond motifs is 1. The van der Waals surface area contributed by atoms with Crippen LogP contribution in [0.4, 0.5) is 4.39 Å². The third-order valence-electron chi connectivity index (χ3n) is 6.16. The molecule has 0 amide bonds. The summed E-state index contributed by atoms with van der Waals surface area (Å²) in [6.07, 6.45) is 5.69. The van der Waals surface area contributed by atoms with Crippen LogP contribution in [0.3, 0.4) is 0 Å². The van der Waals surface area contributed by atoms with Crippen molar-refractivity contribution in [1.82, 2.24) is 9.88 Å². The van der Waals surface area contributed by atoms with Crippen molar-refractivity contribution in [1.29, 1.82) is 0 Å². The third-order valence-corrected chi connectivity index (χ3v) is 10.7. The first kappa shape index (κ1) is 19.6. The molecular weight excluding hydrogens is 343 g/mol. The second-order valence-electron chi connectivity index (χ2n) is 9.12. The Morgan fingerprint density at radius 1 is 1.31 bits per heavy atom. The number of aromatic nitrogens is 1. The summed E-state index contributed by atoms with van der Waals surface area (Å²) in [4.78, 5) is 0. The number of hydrogen-bond acceptors (Lipinski definition) is 2. The van der Waals surface area contributed by atoms with Gasteiger partial charge in [0.1, 0.15) is 5.82 Å². The highest BCUT2D eigenvalue weighted by molar-refractivity contribution is 6.74. The number of rotatable bonds is 6. The van der Waals surface area contributed by atoms with Crippen molar-refractivity contribution >= 4 is 19.2 Å². The van der Waals surface area contributed by atoms with E-state index >= 15 is 0 Å². The van der Waals surface area contributed by atoms with Crippen molar-refractivity contribution in [3.8, 4) is 0 Å². The first-order chi connectivity index (χ1) is 12.2. The molecule has 0 radical (unpaired) electrons. The minimum absolute atomic E-state index is 0.173. The molecule has 1 aromatic carbocycles. The number of halogens is 1. The van der Waals surface area contributed by atoms with Crippen LogP contribution in [0.1, 0.15) is 39.2 Å². The normalized spacial score (nSPS) is 18.8. The van der Waals surface area contributed by atoms with Gasteiger partial charge in [-0.2, -0.15) is 0 Å². The number of hydrogen-bond donors (Lipinski definition) is 1. The highest BCUT2D eigenvalue weighted by Gasteiger charge is 2.36. The summed E-state index contributed by atoms with van der Waals surface area (Å²) in [5.41, 5.74) is 2.29. The van der Waals surface area contributed by atoms with E-state index in [1.165, 1.54) is 23.8 Å². The lowest BCUT2D eigenvalue weighted by atomic mass is 10.0. The molecule has 2 aromatic rings. The summed E-state index contributed by atoms with van der Waals surface area (Å²) in [5.74, 6) is -0.173. The van der Waals surface area contributed by atoms with Gasteiger partial charge in [0.05, 0.1) is 12.1 Å². The van der Waals surface area contributed by atoms with Crippen molar-refractivity contribution in [2.24, 2.45) is 0 Å². The van der Waals surface area contributed by atoms with Gasteiger partial charge in [0.15, 0.2) is 8.32 Å². The van der Waals surface area contributed by atoms with E-state index in [1.54, 1.807) is 12.1 Å². The van der Waals surface area contributed by atoms with E-state index in [4.69, 9.17) is 4.43 Å². The molecule has 1 N–H and O–H groups in total.